The predicted octanol–water partition coefficient (Wildman–Crippen LogP) is 5.57. The highest BCUT2D eigenvalue weighted by Crippen LogP contribution is 2.20. The summed E-state index contributed by atoms with van der Waals surface area (Å²) >= 11 is 0. The Hall–Kier alpha value is -5.71. The zero-order valence-corrected chi connectivity index (χ0v) is 22.5. The monoisotopic (exact) mass is 548 g/mol. The number of benzene rings is 2. The molecule has 4 aromatic heterocycles. The van der Waals surface area contributed by atoms with E-state index in [0.29, 0.717) is 29.7 Å². The molecule has 41 heavy (non-hydrogen) atoms. The first-order valence-corrected chi connectivity index (χ1v) is 12.5. The van der Waals surface area contributed by atoms with Crippen LogP contribution >= 0.6 is 0 Å². The highest BCUT2D eigenvalue weighted by Gasteiger charge is 2.05. The first-order valence-electron chi connectivity index (χ1n) is 12.5. The third-order valence-electron chi connectivity index (χ3n) is 5.35. The number of carbonyl (C=O) groups excluding carboxylic acids is 1. The highest BCUT2D eigenvalue weighted by molar-refractivity contribution is 5.76. The van der Waals surface area contributed by atoms with Gasteiger partial charge >= 0.3 is 0 Å². The molecule has 0 aliphatic heterocycles. The Morgan fingerprint density at radius 1 is 0.756 bits per heavy atom. The minimum atomic E-state index is 0.461. The number of nitrogens with zero attached hydrogens (tertiary/aromatic N) is 6. The second-order valence-corrected chi connectivity index (χ2v) is 8.60. The number of carbonyl (C=O) groups is 1. The summed E-state index contributed by atoms with van der Waals surface area (Å²) < 4.78 is 10.6. The molecule has 206 valence electrons. The Labute approximate surface area is 236 Å². The fourth-order valence-corrected chi connectivity index (χ4v) is 3.34. The molecule has 6 aromatic rings. The van der Waals surface area contributed by atoms with Crippen LogP contribution in [-0.2, 0) is 6.54 Å². The van der Waals surface area contributed by atoms with E-state index in [4.69, 9.17) is 14.6 Å². The van der Waals surface area contributed by atoms with Gasteiger partial charge in [0.25, 0.3) is 0 Å². The molecular weight excluding hydrogens is 520 g/mol. The van der Waals surface area contributed by atoms with Crippen LogP contribution in [0.15, 0.2) is 107 Å². The van der Waals surface area contributed by atoms with Crippen LogP contribution in [0, 0.1) is 13.8 Å². The number of rotatable bonds is 6. The van der Waals surface area contributed by atoms with Gasteiger partial charge in [-0.2, -0.15) is 0 Å². The van der Waals surface area contributed by atoms with E-state index >= 15 is 0 Å². The minimum absolute atomic E-state index is 0.461. The molecule has 0 fully saturated rings. The van der Waals surface area contributed by atoms with E-state index in [0.717, 1.165) is 40.2 Å². The molecule has 0 spiro atoms. The van der Waals surface area contributed by atoms with Gasteiger partial charge in [-0.1, -0.05) is 24.3 Å². The van der Waals surface area contributed by atoms with Crippen molar-refractivity contribution in [3.8, 4) is 22.9 Å². The Morgan fingerprint density at radius 3 is 1.73 bits per heavy atom. The summed E-state index contributed by atoms with van der Waals surface area (Å²) in [5.74, 6) is 2.46. The average Bonchev–Trinajstić information content (AvgIpc) is 3.66. The standard InChI is InChI=1S/C15H14N4O.C11H9NO2.C4H5N3/c1-11-10-20-15(19-11)13-4-2-12(3-5-13)8-18-14-9-16-6-7-17-14;1-8-7-14-11(12-8)10-4-2-9(6-13)3-5-10;5-4-3-6-1-2-7-4/h2-7,9-10H,8H2,1H3,(H,17,18);2-7H,1H3;1-3H,(H2,5,7). The van der Waals surface area contributed by atoms with Crippen LogP contribution in [0.4, 0.5) is 11.6 Å². The second-order valence-electron chi connectivity index (χ2n) is 8.60. The lowest BCUT2D eigenvalue weighted by Gasteiger charge is -2.05. The number of nitrogens with one attached hydrogen (secondary N) is 1. The van der Waals surface area contributed by atoms with Gasteiger partial charge in [0.2, 0.25) is 11.8 Å². The maximum Gasteiger partial charge on any atom is 0.226 e. The van der Waals surface area contributed by atoms with Gasteiger partial charge in [-0.25, -0.2) is 19.9 Å². The van der Waals surface area contributed by atoms with E-state index in [1.165, 1.54) is 6.20 Å². The number of nitrogen functional groups attached to an aromatic ring is 1. The fraction of sp³-hybridized carbons (Fsp3) is 0.100. The number of hydrogen-bond donors (Lipinski definition) is 2. The fourth-order valence-electron chi connectivity index (χ4n) is 3.34. The molecular formula is C30H28N8O3. The highest BCUT2D eigenvalue weighted by atomic mass is 16.3. The molecule has 0 saturated heterocycles. The van der Waals surface area contributed by atoms with Crippen LogP contribution in [-0.4, -0.2) is 36.2 Å². The van der Waals surface area contributed by atoms with Crippen molar-refractivity contribution in [1.29, 1.82) is 0 Å². The van der Waals surface area contributed by atoms with Gasteiger partial charge in [-0.05, 0) is 43.7 Å². The van der Waals surface area contributed by atoms with Crippen molar-refractivity contribution in [3.05, 3.63) is 121 Å². The Morgan fingerprint density at radius 2 is 1.32 bits per heavy atom. The zero-order valence-electron chi connectivity index (χ0n) is 22.5. The maximum atomic E-state index is 10.4. The van der Waals surface area contributed by atoms with E-state index in [1.807, 2.05) is 50.2 Å². The van der Waals surface area contributed by atoms with E-state index in [9.17, 15) is 4.79 Å². The summed E-state index contributed by atoms with van der Waals surface area (Å²) in [5.41, 5.74) is 10.6. The molecule has 11 heteroatoms. The number of aromatic nitrogens is 6. The SMILES string of the molecule is Cc1coc(-c2ccc(C=O)cc2)n1.Cc1coc(-c2ccc(CNc3cnccn3)cc2)n1.Nc1cnccn1. The Balaban J connectivity index is 0.000000159. The third kappa shape index (κ3) is 8.93. The summed E-state index contributed by atoms with van der Waals surface area (Å²) in [6.07, 6.45) is 13.7. The predicted molar refractivity (Wildman–Crippen MR) is 155 cm³/mol. The summed E-state index contributed by atoms with van der Waals surface area (Å²) in [7, 11) is 0. The molecule has 0 unspecified atom stereocenters. The maximum absolute atomic E-state index is 10.4. The normalized spacial score (nSPS) is 10.0. The molecule has 3 N–H and O–H groups in total. The zero-order chi connectivity index (χ0) is 28.9. The van der Waals surface area contributed by atoms with Crippen molar-refractivity contribution in [3.63, 3.8) is 0 Å². The van der Waals surface area contributed by atoms with Crippen LogP contribution in [0.25, 0.3) is 22.9 Å². The molecule has 0 radical (unpaired) electrons. The minimum Gasteiger partial charge on any atom is -0.444 e. The van der Waals surface area contributed by atoms with Gasteiger partial charge in [0.1, 0.15) is 30.4 Å². The molecule has 2 aromatic carbocycles. The van der Waals surface area contributed by atoms with Crippen molar-refractivity contribution >= 4 is 17.9 Å². The van der Waals surface area contributed by atoms with Gasteiger partial charge in [0.05, 0.1) is 23.8 Å². The lowest BCUT2D eigenvalue weighted by Crippen LogP contribution is -2.01. The quantitative estimate of drug-likeness (QED) is 0.250. The Kier molecular flexibility index (Phi) is 9.97. The van der Waals surface area contributed by atoms with Crippen molar-refractivity contribution in [2.75, 3.05) is 11.1 Å². The Bertz CT molecular complexity index is 1620. The van der Waals surface area contributed by atoms with Gasteiger partial charge < -0.3 is 19.9 Å². The lowest BCUT2D eigenvalue weighted by molar-refractivity contribution is 0.112. The van der Waals surface area contributed by atoms with Gasteiger partial charge in [-0.15, -0.1) is 0 Å². The molecule has 0 aliphatic carbocycles. The van der Waals surface area contributed by atoms with Crippen molar-refractivity contribution in [2.45, 2.75) is 20.4 Å². The number of oxazole rings is 2. The second kappa shape index (κ2) is 14.4. The van der Waals surface area contributed by atoms with E-state index in [1.54, 1.807) is 55.6 Å². The average molecular weight is 549 g/mol. The number of aryl methyl sites for hydroxylation is 2. The van der Waals surface area contributed by atoms with Crippen molar-refractivity contribution in [1.82, 2.24) is 29.9 Å². The van der Waals surface area contributed by atoms with Crippen LogP contribution in [0.1, 0.15) is 27.3 Å². The van der Waals surface area contributed by atoms with Crippen LogP contribution in [0.2, 0.25) is 0 Å². The number of aldehydes is 1. The number of anilines is 2. The van der Waals surface area contributed by atoms with Crippen LogP contribution in [0.5, 0.6) is 0 Å². The summed E-state index contributed by atoms with van der Waals surface area (Å²) in [5, 5.41) is 3.21. The summed E-state index contributed by atoms with van der Waals surface area (Å²) in [6.45, 7) is 4.47. The van der Waals surface area contributed by atoms with Crippen molar-refractivity contribution in [2.24, 2.45) is 0 Å². The number of nitrogens with two attached hydrogens (primary N) is 1. The molecule has 0 bridgehead atoms. The topological polar surface area (TPSA) is 159 Å². The smallest absolute Gasteiger partial charge is 0.226 e. The van der Waals surface area contributed by atoms with Gasteiger partial charge in [-0.3, -0.25) is 14.8 Å². The third-order valence-corrected chi connectivity index (χ3v) is 5.35. The molecule has 0 atom stereocenters. The first kappa shape index (κ1) is 28.3. The summed E-state index contributed by atoms with van der Waals surface area (Å²) in [4.78, 5) is 34.5. The van der Waals surface area contributed by atoms with Gasteiger partial charge in [0, 0.05) is 48.0 Å². The van der Waals surface area contributed by atoms with Crippen LogP contribution in [0.3, 0.4) is 0 Å². The largest absolute Gasteiger partial charge is 0.444 e. The molecule has 4 heterocycles. The van der Waals surface area contributed by atoms with Crippen molar-refractivity contribution < 1.29 is 13.6 Å². The molecule has 6 rings (SSSR count). The molecule has 11 nitrogen and oxygen atoms in total. The summed E-state index contributed by atoms with van der Waals surface area (Å²) in [6, 6.07) is 15.2. The lowest BCUT2D eigenvalue weighted by atomic mass is 10.1. The van der Waals surface area contributed by atoms with E-state index in [2.05, 4.69) is 35.2 Å². The first-order chi connectivity index (χ1) is 20.0. The molecule has 0 aliphatic rings. The van der Waals surface area contributed by atoms with Gasteiger partial charge in [0.15, 0.2) is 0 Å². The van der Waals surface area contributed by atoms with E-state index in [-0.39, 0.29) is 0 Å². The van der Waals surface area contributed by atoms with E-state index < -0.39 is 0 Å². The number of hydrogen-bond acceptors (Lipinski definition) is 11. The molecule has 0 saturated carbocycles. The van der Waals surface area contributed by atoms with Crippen LogP contribution < -0.4 is 11.1 Å². The molecule has 0 amide bonds.